The van der Waals surface area contributed by atoms with E-state index >= 15 is 0 Å². The van der Waals surface area contributed by atoms with Crippen molar-refractivity contribution in [2.45, 2.75) is 134 Å². The second-order valence-corrected chi connectivity index (χ2v) is 14.8. The Hall–Kier alpha value is 0.181. The molecule has 47 heavy (non-hydrogen) atoms. The van der Waals surface area contributed by atoms with Crippen molar-refractivity contribution in [2.75, 3.05) is 11.5 Å². The molecule has 0 aliphatic heterocycles. The minimum absolute atomic E-state index is 0. The molecule has 0 spiro atoms. The molecule has 0 aromatic heterocycles. The van der Waals surface area contributed by atoms with E-state index in [4.69, 9.17) is 4.74 Å². The molecule has 1 aromatic rings. The van der Waals surface area contributed by atoms with Gasteiger partial charge in [-0.25, -0.2) is 0 Å². The van der Waals surface area contributed by atoms with Gasteiger partial charge in [0.25, 0.3) is 0 Å². The van der Waals surface area contributed by atoms with Crippen molar-refractivity contribution in [2.24, 2.45) is 23.2 Å². The van der Waals surface area contributed by atoms with Gasteiger partial charge in [-0.1, -0.05) is 58.3 Å². The fourth-order valence-corrected chi connectivity index (χ4v) is 9.38. The maximum Gasteiger partial charge on any atom is 1.00 e. The van der Waals surface area contributed by atoms with Crippen LogP contribution in [0.3, 0.4) is 0 Å². The van der Waals surface area contributed by atoms with Crippen molar-refractivity contribution in [3.63, 3.8) is 0 Å². The molecule has 3 aliphatic carbocycles. The van der Waals surface area contributed by atoms with Crippen LogP contribution in [-0.4, -0.2) is 43.2 Å². The summed E-state index contributed by atoms with van der Waals surface area (Å²) in [6.45, 7) is 3.92. The predicted octanol–water partition coefficient (Wildman–Crippen LogP) is 8.22. The Balaban J connectivity index is 0.00000145. The van der Waals surface area contributed by atoms with Crippen molar-refractivity contribution in [1.82, 2.24) is 0 Å². The summed E-state index contributed by atoms with van der Waals surface area (Å²) >= 11 is 1.48. The third-order valence-corrected chi connectivity index (χ3v) is 11.7. The molecular formula is C34H48BF8KO2S. The second kappa shape index (κ2) is 20.3. The van der Waals surface area contributed by atoms with Crippen LogP contribution in [0.5, 0.6) is 0 Å². The van der Waals surface area contributed by atoms with E-state index < -0.39 is 26.1 Å². The Labute approximate surface area is 322 Å². The Kier molecular flexibility index (Phi) is 18.7. The van der Waals surface area contributed by atoms with Gasteiger partial charge in [0.15, 0.2) is 0 Å². The number of carbonyl (C=O) groups is 1. The van der Waals surface area contributed by atoms with E-state index in [1.165, 1.54) is 68.3 Å². The SMILES string of the molecule is CC(=O)O[C@H]1CC[C@H]2[C@@H]3[C@H](CCCCCCCCCSCCCC(F)(F)C(F)(F)F)Cc4c[c-]ccc4[C@H]3CC[C@]12C.FB(F)F.[K+]. The minimum Gasteiger partial charge on any atom is -0.462 e. The van der Waals surface area contributed by atoms with Gasteiger partial charge in [0.05, 0.1) is 0 Å². The third-order valence-electron chi connectivity index (χ3n) is 10.5. The molecule has 0 heterocycles. The van der Waals surface area contributed by atoms with Crippen LogP contribution in [0.1, 0.15) is 121 Å². The maximum absolute atomic E-state index is 12.9. The normalized spacial score (nSPS) is 26.6. The Morgan fingerprint density at radius 3 is 2.23 bits per heavy atom. The first-order valence-electron chi connectivity index (χ1n) is 16.8. The van der Waals surface area contributed by atoms with Crippen molar-refractivity contribution in [3.05, 3.63) is 35.4 Å². The molecule has 2 fully saturated rings. The van der Waals surface area contributed by atoms with E-state index in [1.54, 1.807) is 0 Å². The minimum atomic E-state index is -5.44. The van der Waals surface area contributed by atoms with Gasteiger partial charge in [0.2, 0.25) is 0 Å². The smallest absolute Gasteiger partial charge is 0.462 e. The average molecular weight is 723 g/mol. The number of hydrogen-bond donors (Lipinski definition) is 0. The first-order valence-corrected chi connectivity index (χ1v) is 17.9. The van der Waals surface area contributed by atoms with Gasteiger partial charge in [-0.05, 0) is 73.7 Å². The van der Waals surface area contributed by atoms with E-state index in [0.29, 0.717) is 29.4 Å². The third kappa shape index (κ3) is 12.7. The molecule has 0 bridgehead atoms. The number of hydrogen-bond acceptors (Lipinski definition) is 3. The Morgan fingerprint density at radius 2 is 1.60 bits per heavy atom. The first-order chi connectivity index (χ1) is 21.7. The van der Waals surface area contributed by atoms with Crippen LogP contribution in [0.15, 0.2) is 18.2 Å². The van der Waals surface area contributed by atoms with Gasteiger partial charge in [-0.2, -0.15) is 69.1 Å². The van der Waals surface area contributed by atoms with Crippen LogP contribution in [-0.2, 0) is 16.0 Å². The quantitative estimate of drug-likeness (QED) is 0.0601. The predicted molar refractivity (Wildman–Crippen MR) is 168 cm³/mol. The summed E-state index contributed by atoms with van der Waals surface area (Å²) in [5.41, 5.74) is 3.09. The van der Waals surface area contributed by atoms with Gasteiger partial charge in [-0.15, -0.1) is 0 Å². The molecule has 2 nitrogen and oxygen atoms in total. The molecular weight excluding hydrogens is 674 g/mol. The largest absolute Gasteiger partial charge is 1.00 e. The molecule has 13 heteroatoms. The fourth-order valence-electron chi connectivity index (χ4n) is 8.42. The Bertz CT molecular complexity index is 1080. The number of alkyl halides is 5. The first kappa shape index (κ1) is 43.3. The van der Waals surface area contributed by atoms with Crippen LogP contribution in [0.25, 0.3) is 0 Å². The van der Waals surface area contributed by atoms with Crippen LogP contribution in [0, 0.1) is 29.2 Å². The van der Waals surface area contributed by atoms with E-state index in [1.807, 2.05) is 0 Å². The van der Waals surface area contributed by atoms with E-state index in [2.05, 4.69) is 31.2 Å². The number of halogens is 8. The van der Waals surface area contributed by atoms with E-state index in [9.17, 15) is 39.7 Å². The summed E-state index contributed by atoms with van der Waals surface area (Å²) in [5, 5.41) is 0. The summed E-state index contributed by atoms with van der Waals surface area (Å²) in [4.78, 5) is 11.8. The zero-order chi connectivity index (χ0) is 34.0. The van der Waals surface area contributed by atoms with Crippen LogP contribution in [0.4, 0.5) is 34.9 Å². The topological polar surface area (TPSA) is 26.3 Å². The van der Waals surface area contributed by atoms with Gasteiger partial charge >= 0.3 is 77.0 Å². The van der Waals surface area contributed by atoms with Gasteiger partial charge < -0.3 is 4.74 Å². The summed E-state index contributed by atoms with van der Waals surface area (Å²) in [6.07, 6.45) is 8.21. The number of benzene rings is 1. The maximum atomic E-state index is 12.9. The molecule has 262 valence electrons. The monoisotopic (exact) mass is 722 g/mol. The molecule has 0 unspecified atom stereocenters. The van der Waals surface area contributed by atoms with Crippen molar-refractivity contribution < 1.29 is 95.8 Å². The van der Waals surface area contributed by atoms with Crippen LogP contribution in [0.2, 0.25) is 0 Å². The zero-order valence-electron chi connectivity index (χ0n) is 28.0. The van der Waals surface area contributed by atoms with Crippen molar-refractivity contribution in [1.29, 1.82) is 0 Å². The number of fused-ring (bicyclic) bond motifs is 5. The van der Waals surface area contributed by atoms with E-state index in [0.717, 1.165) is 50.7 Å². The molecule has 0 radical (unpaired) electrons. The molecule has 4 rings (SSSR count). The summed E-state index contributed by atoms with van der Waals surface area (Å²) in [7, 11) is -3.67. The van der Waals surface area contributed by atoms with Crippen LogP contribution >= 0.6 is 11.8 Å². The second-order valence-electron chi connectivity index (χ2n) is 13.5. The molecule has 0 N–H and O–H groups in total. The Morgan fingerprint density at radius 1 is 0.979 bits per heavy atom. The molecule has 0 amide bonds. The molecule has 6 atom stereocenters. The van der Waals surface area contributed by atoms with Gasteiger partial charge in [0, 0.05) is 18.8 Å². The van der Waals surface area contributed by atoms with E-state index in [-0.39, 0.29) is 75.3 Å². The van der Waals surface area contributed by atoms with Gasteiger partial charge in [-0.3, -0.25) is 17.7 Å². The number of unbranched alkanes of at least 4 members (excludes halogenated alkanes) is 6. The van der Waals surface area contributed by atoms with Crippen molar-refractivity contribution >= 4 is 25.3 Å². The molecule has 0 saturated heterocycles. The summed E-state index contributed by atoms with van der Waals surface area (Å²) in [5.74, 6) is -1.05. The fraction of sp³-hybridized carbons (Fsp3) is 0.794. The average Bonchev–Trinajstić information content (AvgIpc) is 3.29. The number of ether oxygens (including phenoxy) is 1. The standard InChI is InChI=1S/C34H48F5O2S.BF3.K/c1-24(40)41-30-17-16-29-31-26(23-25-13-9-10-15-27(25)28(31)18-20-32(29,30)2)14-8-6-4-3-5-7-11-21-42-22-12-19-33(35,36)34(37,38)39;2-1(3)4;/h10,13,15,26,28-31H,3-8,11-12,14,16-23H2,1-2H3;;/q-1;;+1/t26-,28-,29+,30+,31-,32+;;/m1../s1. The van der Waals surface area contributed by atoms with Gasteiger partial charge in [0.1, 0.15) is 6.10 Å². The zero-order valence-corrected chi connectivity index (χ0v) is 31.9. The molecule has 1 aromatic carbocycles. The number of esters is 1. The summed E-state index contributed by atoms with van der Waals surface area (Å²) < 4.78 is 97.4. The number of carbonyl (C=O) groups excluding carboxylic acids is 1. The number of thioether (sulfide) groups is 1. The van der Waals surface area contributed by atoms with Crippen LogP contribution < -0.4 is 51.4 Å². The molecule has 3 aliphatic rings. The summed E-state index contributed by atoms with van der Waals surface area (Å²) in [6, 6.07) is 9.89. The number of rotatable bonds is 15. The molecule has 2 saturated carbocycles. The van der Waals surface area contributed by atoms with Crippen molar-refractivity contribution in [3.8, 4) is 0 Å².